The highest BCUT2D eigenvalue weighted by atomic mass is 32.2. The van der Waals surface area contributed by atoms with Crippen LogP contribution in [0.25, 0.3) is 0 Å². The molecule has 1 aromatic heterocycles. The smallest absolute Gasteiger partial charge is 0.254 e. The number of aryl methyl sites for hydroxylation is 2. The van der Waals surface area contributed by atoms with Gasteiger partial charge in [-0.3, -0.25) is 4.79 Å². The average Bonchev–Trinajstić information content (AvgIpc) is 2.44. The van der Waals surface area contributed by atoms with Crippen LogP contribution in [0.5, 0.6) is 0 Å². The Morgan fingerprint density at radius 1 is 1.23 bits per heavy atom. The lowest BCUT2D eigenvalue weighted by Crippen LogP contribution is -2.24. The quantitative estimate of drug-likeness (QED) is 0.859. The summed E-state index contributed by atoms with van der Waals surface area (Å²) >= 11 is 0. The van der Waals surface area contributed by atoms with Gasteiger partial charge in [0, 0.05) is 12.7 Å². The fraction of sp³-hybridized carbons (Fsp3) is 0.214. The number of sulfonamides is 1. The summed E-state index contributed by atoms with van der Waals surface area (Å²) < 4.78 is 22.3. The van der Waals surface area contributed by atoms with E-state index in [1.807, 2.05) is 0 Å². The highest BCUT2D eigenvalue weighted by molar-refractivity contribution is 7.89. The van der Waals surface area contributed by atoms with E-state index in [1.54, 1.807) is 26.0 Å². The molecule has 0 aliphatic carbocycles. The number of aromatic nitrogens is 2. The zero-order valence-electron chi connectivity index (χ0n) is 12.2. The first-order chi connectivity index (χ1) is 10.3. The van der Waals surface area contributed by atoms with E-state index in [4.69, 9.17) is 5.14 Å². The van der Waals surface area contributed by atoms with Crippen LogP contribution in [0.3, 0.4) is 0 Å². The van der Waals surface area contributed by atoms with Crippen molar-refractivity contribution >= 4 is 15.9 Å². The van der Waals surface area contributed by atoms with Crippen molar-refractivity contribution in [2.75, 3.05) is 0 Å². The number of carbonyl (C=O) groups is 1. The van der Waals surface area contributed by atoms with E-state index >= 15 is 0 Å². The van der Waals surface area contributed by atoms with E-state index in [-0.39, 0.29) is 17.3 Å². The first kappa shape index (κ1) is 16.1. The summed E-state index contributed by atoms with van der Waals surface area (Å²) in [5, 5.41) is 7.76. The van der Waals surface area contributed by atoms with Crippen molar-refractivity contribution in [3.05, 3.63) is 53.1 Å². The minimum Gasteiger partial charge on any atom is -0.348 e. The van der Waals surface area contributed by atoms with Gasteiger partial charge in [-0.25, -0.2) is 23.5 Å². The van der Waals surface area contributed by atoms with Crippen LogP contribution in [0.15, 0.2) is 35.4 Å². The topological polar surface area (TPSA) is 115 Å². The summed E-state index contributed by atoms with van der Waals surface area (Å²) in [7, 11) is -3.71. The standard InChI is InChI=1S/C14H16N4O3S/c1-9-13(8-16-10(2)18-9)14(19)17-7-11-3-5-12(6-4-11)22(15,20)21/h3-6,8H,7H2,1-2H3,(H,17,19)(H2,15,20,21). The maximum absolute atomic E-state index is 12.1. The molecule has 2 rings (SSSR count). The lowest BCUT2D eigenvalue weighted by molar-refractivity contribution is 0.0949. The number of carbonyl (C=O) groups excluding carboxylic acids is 1. The van der Waals surface area contributed by atoms with Gasteiger partial charge in [-0.15, -0.1) is 0 Å². The molecule has 1 amide bonds. The first-order valence-electron chi connectivity index (χ1n) is 6.47. The van der Waals surface area contributed by atoms with Gasteiger partial charge < -0.3 is 5.32 Å². The number of hydrogen-bond donors (Lipinski definition) is 2. The Morgan fingerprint density at radius 2 is 1.86 bits per heavy atom. The SMILES string of the molecule is Cc1ncc(C(=O)NCc2ccc(S(N)(=O)=O)cc2)c(C)n1. The Kier molecular flexibility index (Phi) is 4.53. The Balaban J connectivity index is 2.05. The number of rotatable bonds is 4. The third-order valence-electron chi connectivity index (χ3n) is 3.05. The number of hydrogen-bond acceptors (Lipinski definition) is 5. The summed E-state index contributed by atoms with van der Waals surface area (Å²) in [5.41, 5.74) is 1.77. The Labute approximate surface area is 128 Å². The maximum atomic E-state index is 12.1. The van der Waals surface area contributed by atoms with Crippen molar-refractivity contribution in [1.29, 1.82) is 0 Å². The van der Waals surface area contributed by atoms with Crippen LogP contribution in [-0.2, 0) is 16.6 Å². The molecule has 2 aromatic rings. The summed E-state index contributed by atoms with van der Waals surface area (Å²) in [6.45, 7) is 3.75. The summed E-state index contributed by atoms with van der Waals surface area (Å²) in [6, 6.07) is 5.99. The molecule has 1 aromatic carbocycles. The molecule has 0 unspecified atom stereocenters. The van der Waals surface area contributed by atoms with Gasteiger partial charge in [-0.05, 0) is 31.5 Å². The zero-order valence-corrected chi connectivity index (χ0v) is 13.0. The second-order valence-electron chi connectivity index (χ2n) is 4.79. The maximum Gasteiger partial charge on any atom is 0.254 e. The number of benzene rings is 1. The van der Waals surface area contributed by atoms with E-state index in [2.05, 4.69) is 15.3 Å². The molecular formula is C14H16N4O3S. The van der Waals surface area contributed by atoms with Crippen molar-refractivity contribution in [2.24, 2.45) is 5.14 Å². The van der Waals surface area contributed by atoms with E-state index in [9.17, 15) is 13.2 Å². The van der Waals surface area contributed by atoms with Crippen molar-refractivity contribution in [2.45, 2.75) is 25.3 Å². The number of amides is 1. The highest BCUT2D eigenvalue weighted by Gasteiger charge is 2.11. The van der Waals surface area contributed by atoms with Crippen LogP contribution in [0.2, 0.25) is 0 Å². The Bertz CT molecular complexity index is 801. The third-order valence-corrected chi connectivity index (χ3v) is 3.98. The van der Waals surface area contributed by atoms with Crippen molar-refractivity contribution in [3.63, 3.8) is 0 Å². The fourth-order valence-corrected chi connectivity index (χ4v) is 2.40. The van der Waals surface area contributed by atoms with Gasteiger partial charge in [0.15, 0.2) is 0 Å². The Hall–Kier alpha value is -2.32. The zero-order chi connectivity index (χ0) is 16.3. The summed E-state index contributed by atoms with van der Waals surface area (Å²) in [5.74, 6) is 0.320. The molecule has 0 atom stereocenters. The van der Waals surface area contributed by atoms with Crippen molar-refractivity contribution in [1.82, 2.24) is 15.3 Å². The number of nitrogens with zero attached hydrogens (tertiary/aromatic N) is 2. The molecule has 1 heterocycles. The molecule has 3 N–H and O–H groups in total. The van der Waals surface area contributed by atoms with Gasteiger partial charge in [0.05, 0.1) is 16.2 Å². The lowest BCUT2D eigenvalue weighted by Gasteiger charge is -2.08. The van der Waals surface area contributed by atoms with Crippen molar-refractivity contribution in [3.8, 4) is 0 Å². The van der Waals surface area contributed by atoms with Gasteiger partial charge in [0.2, 0.25) is 10.0 Å². The van der Waals surface area contributed by atoms with Crippen molar-refractivity contribution < 1.29 is 13.2 Å². The van der Waals surface area contributed by atoms with E-state index in [1.165, 1.54) is 18.3 Å². The molecule has 0 saturated carbocycles. The molecule has 0 aliphatic rings. The van der Waals surface area contributed by atoms with Crippen LogP contribution < -0.4 is 10.5 Å². The van der Waals surface area contributed by atoms with Gasteiger partial charge in [-0.2, -0.15) is 0 Å². The molecule has 22 heavy (non-hydrogen) atoms. The summed E-state index contributed by atoms with van der Waals surface area (Å²) in [4.78, 5) is 20.2. The first-order valence-corrected chi connectivity index (χ1v) is 8.02. The number of nitrogens with two attached hydrogens (primary N) is 1. The molecule has 0 bridgehead atoms. The molecule has 116 valence electrons. The van der Waals surface area contributed by atoms with Gasteiger partial charge in [-0.1, -0.05) is 12.1 Å². The Morgan fingerprint density at radius 3 is 2.41 bits per heavy atom. The molecule has 0 saturated heterocycles. The minimum absolute atomic E-state index is 0.0327. The van der Waals surface area contributed by atoms with Crippen LogP contribution >= 0.6 is 0 Å². The van der Waals surface area contributed by atoms with Crippen LogP contribution in [0, 0.1) is 13.8 Å². The van der Waals surface area contributed by atoms with Crippen LogP contribution in [0.1, 0.15) is 27.4 Å². The fourth-order valence-electron chi connectivity index (χ4n) is 1.88. The molecule has 8 heteroatoms. The largest absolute Gasteiger partial charge is 0.348 e. The molecule has 0 aliphatic heterocycles. The lowest BCUT2D eigenvalue weighted by atomic mass is 10.2. The average molecular weight is 320 g/mol. The molecule has 7 nitrogen and oxygen atoms in total. The normalized spacial score (nSPS) is 11.2. The molecule has 0 radical (unpaired) electrons. The van der Waals surface area contributed by atoms with Gasteiger partial charge in [0.25, 0.3) is 5.91 Å². The molecular weight excluding hydrogens is 304 g/mol. The predicted molar refractivity (Wildman–Crippen MR) is 80.5 cm³/mol. The van der Waals surface area contributed by atoms with E-state index < -0.39 is 10.0 Å². The molecule has 0 spiro atoms. The second-order valence-corrected chi connectivity index (χ2v) is 6.35. The van der Waals surface area contributed by atoms with Gasteiger partial charge in [0.1, 0.15) is 5.82 Å². The monoisotopic (exact) mass is 320 g/mol. The summed E-state index contributed by atoms with van der Waals surface area (Å²) in [6.07, 6.45) is 1.48. The molecule has 0 fully saturated rings. The second kappa shape index (κ2) is 6.20. The van der Waals surface area contributed by atoms with Crippen LogP contribution in [-0.4, -0.2) is 24.3 Å². The predicted octanol–water partition coefficient (Wildman–Crippen LogP) is 0.671. The van der Waals surface area contributed by atoms with E-state index in [0.29, 0.717) is 17.1 Å². The van der Waals surface area contributed by atoms with Gasteiger partial charge >= 0.3 is 0 Å². The number of primary sulfonamides is 1. The highest BCUT2D eigenvalue weighted by Crippen LogP contribution is 2.09. The minimum atomic E-state index is -3.71. The number of nitrogens with one attached hydrogen (secondary N) is 1. The van der Waals surface area contributed by atoms with Crippen LogP contribution in [0.4, 0.5) is 0 Å². The third kappa shape index (κ3) is 3.86. The van der Waals surface area contributed by atoms with E-state index in [0.717, 1.165) is 5.56 Å².